The lowest BCUT2D eigenvalue weighted by Gasteiger charge is -2.09. The Morgan fingerprint density at radius 1 is 1.25 bits per heavy atom. The Kier molecular flexibility index (Phi) is 2.91. The lowest BCUT2D eigenvalue weighted by atomic mass is 10.1. The third kappa shape index (κ3) is 2.06. The fourth-order valence-corrected chi connectivity index (χ4v) is 1.20. The first-order chi connectivity index (χ1) is 7.68. The van der Waals surface area contributed by atoms with Gasteiger partial charge in [0, 0.05) is 12.4 Å². The summed E-state index contributed by atoms with van der Waals surface area (Å²) < 4.78 is 5.10. The molecule has 0 aliphatic rings. The van der Waals surface area contributed by atoms with E-state index in [1.807, 2.05) is 13.8 Å². The van der Waals surface area contributed by atoms with E-state index in [1.54, 1.807) is 12.4 Å². The molecule has 1 unspecified atom stereocenters. The second-order valence-electron chi connectivity index (χ2n) is 3.85. The molecule has 1 atom stereocenters. The maximum absolute atomic E-state index is 5.91. The third-order valence-electron chi connectivity index (χ3n) is 2.27. The number of rotatable bonds is 3. The van der Waals surface area contributed by atoms with Crippen LogP contribution in [0.25, 0.3) is 11.5 Å². The molecule has 0 fully saturated rings. The van der Waals surface area contributed by atoms with Gasteiger partial charge in [0.25, 0.3) is 5.89 Å². The van der Waals surface area contributed by atoms with Crippen LogP contribution >= 0.6 is 0 Å². The number of hydrogen-bond acceptors (Lipinski definition) is 6. The first-order valence-electron chi connectivity index (χ1n) is 5.03. The molecule has 0 bridgehead atoms. The third-order valence-corrected chi connectivity index (χ3v) is 2.27. The average Bonchev–Trinajstić information content (AvgIpc) is 2.78. The van der Waals surface area contributed by atoms with Gasteiger partial charge in [-0.05, 0) is 5.92 Å². The van der Waals surface area contributed by atoms with Crippen molar-refractivity contribution in [3.8, 4) is 11.5 Å². The minimum Gasteiger partial charge on any atom is -0.334 e. The molecule has 16 heavy (non-hydrogen) atoms. The quantitative estimate of drug-likeness (QED) is 0.833. The zero-order chi connectivity index (χ0) is 11.5. The van der Waals surface area contributed by atoms with Crippen LogP contribution in [0.5, 0.6) is 0 Å². The summed E-state index contributed by atoms with van der Waals surface area (Å²) in [6.07, 6.45) is 4.68. The highest BCUT2D eigenvalue weighted by Crippen LogP contribution is 2.20. The van der Waals surface area contributed by atoms with E-state index in [-0.39, 0.29) is 12.0 Å². The van der Waals surface area contributed by atoms with Gasteiger partial charge in [0.1, 0.15) is 6.33 Å². The maximum Gasteiger partial charge on any atom is 0.261 e. The van der Waals surface area contributed by atoms with E-state index in [0.29, 0.717) is 17.3 Å². The molecule has 2 aromatic rings. The Labute approximate surface area is 92.9 Å². The van der Waals surface area contributed by atoms with Gasteiger partial charge >= 0.3 is 0 Å². The summed E-state index contributed by atoms with van der Waals surface area (Å²) >= 11 is 0. The van der Waals surface area contributed by atoms with Crippen molar-refractivity contribution >= 4 is 0 Å². The molecule has 6 nitrogen and oxygen atoms in total. The monoisotopic (exact) mass is 219 g/mol. The molecule has 2 N–H and O–H groups in total. The standard InChI is InChI=1S/C10H13N5O/c1-6(2)8(11)9-14-10(16-15-9)7-3-12-5-13-4-7/h3-6,8H,11H2,1-2H3. The van der Waals surface area contributed by atoms with Crippen molar-refractivity contribution in [1.82, 2.24) is 20.1 Å². The number of aromatic nitrogens is 4. The molecule has 0 saturated carbocycles. The summed E-state index contributed by atoms with van der Waals surface area (Å²) in [5.74, 6) is 1.16. The van der Waals surface area contributed by atoms with Crippen molar-refractivity contribution in [1.29, 1.82) is 0 Å². The van der Waals surface area contributed by atoms with Crippen LogP contribution in [0.4, 0.5) is 0 Å². The van der Waals surface area contributed by atoms with Gasteiger partial charge in [-0.3, -0.25) is 0 Å². The van der Waals surface area contributed by atoms with E-state index in [2.05, 4.69) is 20.1 Å². The largest absolute Gasteiger partial charge is 0.334 e. The summed E-state index contributed by atoms with van der Waals surface area (Å²) in [6.45, 7) is 4.01. The molecule has 0 aliphatic heterocycles. The summed E-state index contributed by atoms with van der Waals surface area (Å²) in [5.41, 5.74) is 6.60. The molecule has 0 radical (unpaired) electrons. The molecule has 6 heteroatoms. The van der Waals surface area contributed by atoms with E-state index in [4.69, 9.17) is 10.3 Å². The topological polar surface area (TPSA) is 90.7 Å². The second-order valence-corrected chi connectivity index (χ2v) is 3.85. The van der Waals surface area contributed by atoms with E-state index < -0.39 is 0 Å². The zero-order valence-electron chi connectivity index (χ0n) is 9.16. The van der Waals surface area contributed by atoms with Gasteiger partial charge in [-0.25, -0.2) is 9.97 Å². The molecular formula is C10H13N5O. The van der Waals surface area contributed by atoms with Crippen LogP contribution in [0.1, 0.15) is 25.7 Å². The van der Waals surface area contributed by atoms with Gasteiger partial charge in [-0.2, -0.15) is 4.98 Å². The van der Waals surface area contributed by atoms with Crippen molar-refractivity contribution in [3.05, 3.63) is 24.5 Å². The molecule has 0 saturated heterocycles. The maximum atomic E-state index is 5.91. The Morgan fingerprint density at radius 3 is 2.56 bits per heavy atom. The van der Waals surface area contributed by atoms with Gasteiger partial charge < -0.3 is 10.3 Å². The van der Waals surface area contributed by atoms with Gasteiger partial charge in [0.15, 0.2) is 5.82 Å². The Morgan fingerprint density at radius 2 is 1.94 bits per heavy atom. The predicted octanol–water partition coefficient (Wildman–Crippen LogP) is 1.18. The smallest absolute Gasteiger partial charge is 0.261 e. The molecule has 84 valence electrons. The molecular weight excluding hydrogens is 206 g/mol. The van der Waals surface area contributed by atoms with Gasteiger partial charge in [-0.15, -0.1) is 0 Å². The fraction of sp³-hybridized carbons (Fsp3) is 0.400. The SMILES string of the molecule is CC(C)C(N)c1noc(-c2cncnc2)n1. The van der Waals surface area contributed by atoms with E-state index in [0.717, 1.165) is 0 Å². The molecule has 0 aliphatic carbocycles. The Balaban J connectivity index is 2.27. The summed E-state index contributed by atoms with van der Waals surface area (Å²) in [5, 5.41) is 3.85. The van der Waals surface area contributed by atoms with Crippen LogP contribution in [0.15, 0.2) is 23.2 Å². The molecule has 0 spiro atoms. The summed E-state index contributed by atoms with van der Waals surface area (Å²) in [7, 11) is 0. The van der Waals surface area contributed by atoms with Crippen molar-refractivity contribution in [2.45, 2.75) is 19.9 Å². The van der Waals surface area contributed by atoms with Gasteiger partial charge in [0.2, 0.25) is 0 Å². The lowest BCUT2D eigenvalue weighted by molar-refractivity contribution is 0.400. The predicted molar refractivity (Wildman–Crippen MR) is 57.1 cm³/mol. The fourth-order valence-electron chi connectivity index (χ4n) is 1.20. The number of hydrogen-bond donors (Lipinski definition) is 1. The van der Waals surface area contributed by atoms with Gasteiger partial charge in [-0.1, -0.05) is 19.0 Å². The van der Waals surface area contributed by atoms with Crippen molar-refractivity contribution in [2.75, 3.05) is 0 Å². The average molecular weight is 219 g/mol. The van der Waals surface area contributed by atoms with Crippen molar-refractivity contribution in [3.63, 3.8) is 0 Å². The van der Waals surface area contributed by atoms with Crippen LogP contribution in [0.2, 0.25) is 0 Å². The lowest BCUT2D eigenvalue weighted by Crippen LogP contribution is -2.18. The second kappa shape index (κ2) is 4.36. The Bertz CT molecular complexity index is 453. The molecule has 2 rings (SSSR count). The van der Waals surface area contributed by atoms with E-state index in [1.165, 1.54) is 6.33 Å². The van der Waals surface area contributed by atoms with Crippen LogP contribution in [-0.2, 0) is 0 Å². The molecule has 2 heterocycles. The van der Waals surface area contributed by atoms with Crippen LogP contribution < -0.4 is 5.73 Å². The highest BCUT2D eigenvalue weighted by molar-refractivity contribution is 5.48. The minimum atomic E-state index is -0.220. The first-order valence-corrected chi connectivity index (χ1v) is 5.03. The Hall–Kier alpha value is -1.82. The van der Waals surface area contributed by atoms with Crippen LogP contribution in [-0.4, -0.2) is 20.1 Å². The molecule has 0 amide bonds. The minimum absolute atomic E-state index is 0.220. The van der Waals surface area contributed by atoms with E-state index >= 15 is 0 Å². The first kappa shape index (κ1) is 10.7. The highest BCUT2D eigenvalue weighted by atomic mass is 16.5. The van der Waals surface area contributed by atoms with E-state index in [9.17, 15) is 0 Å². The zero-order valence-corrected chi connectivity index (χ0v) is 9.16. The van der Waals surface area contributed by atoms with Crippen LogP contribution in [0, 0.1) is 5.92 Å². The number of nitrogens with zero attached hydrogens (tertiary/aromatic N) is 4. The summed E-state index contributed by atoms with van der Waals surface area (Å²) in [4.78, 5) is 12.0. The molecule has 2 aromatic heterocycles. The van der Waals surface area contributed by atoms with Crippen molar-refractivity contribution < 1.29 is 4.52 Å². The summed E-state index contributed by atoms with van der Waals surface area (Å²) in [6, 6.07) is -0.220. The van der Waals surface area contributed by atoms with Gasteiger partial charge in [0.05, 0.1) is 11.6 Å². The number of nitrogens with two attached hydrogens (primary N) is 1. The normalized spacial score (nSPS) is 13.0. The molecule has 0 aromatic carbocycles. The van der Waals surface area contributed by atoms with Crippen molar-refractivity contribution in [2.24, 2.45) is 11.7 Å². The highest BCUT2D eigenvalue weighted by Gasteiger charge is 2.18. The van der Waals surface area contributed by atoms with Crippen LogP contribution in [0.3, 0.4) is 0 Å².